The van der Waals surface area contributed by atoms with Gasteiger partial charge in [-0.2, -0.15) is 0 Å². The highest BCUT2D eigenvalue weighted by Crippen LogP contribution is 2.08. The van der Waals surface area contributed by atoms with E-state index in [4.69, 9.17) is 0 Å². The van der Waals surface area contributed by atoms with Crippen molar-refractivity contribution in [2.45, 2.75) is 6.42 Å². The molecule has 0 saturated carbocycles. The molecule has 1 amide bonds. The van der Waals surface area contributed by atoms with Gasteiger partial charge in [-0.15, -0.1) is 0 Å². The van der Waals surface area contributed by atoms with Gasteiger partial charge in [0.1, 0.15) is 5.82 Å². The fraction of sp³-hybridized carbons (Fsp3) is 0.533. The van der Waals surface area contributed by atoms with E-state index < -0.39 is 0 Å². The Bertz CT molecular complexity index is 446. The first-order valence-corrected chi connectivity index (χ1v) is 7.07. The van der Waals surface area contributed by atoms with Crippen LogP contribution in [0.5, 0.6) is 0 Å². The molecule has 1 aromatic carbocycles. The zero-order valence-electron chi connectivity index (χ0n) is 11.9. The SMILES string of the molecule is CN(CCN1CCNCC1)C(=O)Cc1ccccc1F. The van der Waals surface area contributed by atoms with Crippen LogP contribution in [0.4, 0.5) is 4.39 Å². The number of hydrogen-bond donors (Lipinski definition) is 1. The van der Waals surface area contributed by atoms with Crippen LogP contribution in [0.1, 0.15) is 5.56 Å². The summed E-state index contributed by atoms with van der Waals surface area (Å²) in [5, 5.41) is 3.30. The maximum atomic E-state index is 13.5. The molecular weight excluding hydrogens is 257 g/mol. The summed E-state index contributed by atoms with van der Waals surface area (Å²) < 4.78 is 13.5. The van der Waals surface area contributed by atoms with Gasteiger partial charge >= 0.3 is 0 Å². The van der Waals surface area contributed by atoms with Gasteiger partial charge in [-0.05, 0) is 11.6 Å². The fourth-order valence-corrected chi connectivity index (χ4v) is 2.29. The van der Waals surface area contributed by atoms with Crippen LogP contribution in [0.25, 0.3) is 0 Å². The second-order valence-corrected chi connectivity index (χ2v) is 5.18. The molecule has 0 radical (unpaired) electrons. The van der Waals surface area contributed by atoms with Gasteiger partial charge in [0.05, 0.1) is 6.42 Å². The molecule has 0 spiro atoms. The van der Waals surface area contributed by atoms with Crippen molar-refractivity contribution in [2.75, 3.05) is 46.3 Å². The van der Waals surface area contributed by atoms with E-state index in [0.29, 0.717) is 12.1 Å². The Hall–Kier alpha value is -1.46. The first kappa shape index (κ1) is 14.9. The molecule has 5 heteroatoms. The van der Waals surface area contributed by atoms with E-state index in [2.05, 4.69) is 10.2 Å². The molecule has 0 unspecified atom stereocenters. The van der Waals surface area contributed by atoms with Crippen molar-refractivity contribution in [2.24, 2.45) is 0 Å². The number of nitrogens with zero attached hydrogens (tertiary/aromatic N) is 2. The van der Waals surface area contributed by atoms with Crippen molar-refractivity contribution in [3.63, 3.8) is 0 Å². The van der Waals surface area contributed by atoms with Gasteiger partial charge in [0.15, 0.2) is 0 Å². The Morgan fingerprint density at radius 3 is 2.75 bits per heavy atom. The molecule has 4 nitrogen and oxygen atoms in total. The summed E-state index contributed by atoms with van der Waals surface area (Å²) >= 11 is 0. The van der Waals surface area contributed by atoms with E-state index in [1.54, 1.807) is 30.1 Å². The quantitative estimate of drug-likeness (QED) is 0.863. The Balaban J connectivity index is 1.78. The van der Waals surface area contributed by atoms with Gasteiger partial charge in [-0.3, -0.25) is 9.69 Å². The summed E-state index contributed by atoms with van der Waals surface area (Å²) in [6.45, 7) is 5.62. The molecule has 0 bridgehead atoms. The van der Waals surface area contributed by atoms with Crippen LogP contribution in [-0.2, 0) is 11.2 Å². The molecule has 1 aliphatic rings. The molecule has 0 aliphatic carbocycles. The summed E-state index contributed by atoms with van der Waals surface area (Å²) in [6, 6.07) is 6.45. The lowest BCUT2D eigenvalue weighted by Crippen LogP contribution is -2.46. The summed E-state index contributed by atoms with van der Waals surface area (Å²) in [7, 11) is 1.78. The van der Waals surface area contributed by atoms with Crippen LogP contribution in [0, 0.1) is 5.82 Å². The number of hydrogen-bond acceptors (Lipinski definition) is 3. The van der Waals surface area contributed by atoms with Crippen molar-refractivity contribution >= 4 is 5.91 Å². The van der Waals surface area contributed by atoms with Crippen molar-refractivity contribution in [1.82, 2.24) is 15.1 Å². The molecule has 110 valence electrons. The van der Waals surface area contributed by atoms with E-state index >= 15 is 0 Å². The highest BCUT2D eigenvalue weighted by atomic mass is 19.1. The van der Waals surface area contributed by atoms with Crippen molar-refractivity contribution in [3.8, 4) is 0 Å². The van der Waals surface area contributed by atoms with Crippen LogP contribution in [0.2, 0.25) is 0 Å². The lowest BCUT2D eigenvalue weighted by atomic mass is 10.1. The molecule has 1 aromatic rings. The number of piperazine rings is 1. The van der Waals surface area contributed by atoms with Gasteiger partial charge in [0.25, 0.3) is 0 Å². The highest BCUT2D eigenvalue weighted by molar-refractivity contribution is 5.78. The number of likely N-dealkylation sites (N-methyl/N-ethyl adjacent to an activating group) is 1. The number of halogens is 1. The lowest BCUT2D eigenvalue weighted by molar-refractivity contribution is -0.129. The first-order chi connectivity index (χ1) is 9.66. The van der Waals surface area contributed by atoms with E-state index in [9.17, 15) is 9.18 Å². The third kappa shape index (κ3) is 4.28. The Morgan fingerprint density at radius 2 is 2.05 bits per heavy atom. The molecule has 1 saturated heterocycles. The number of benzene rings is 1. The number of carbonyl (C=O) groups is 1. The zero-order chi connectivity index (χ0) is 14.4. The standard InChI is InChI=1S/C15H22FN3O/c1-18(10-11-19-8-6-17-7-9-19)15(20)12-13-4-2-3-5-14(13)16/h2-5,17H,6-12H2,1H3. The second kappa shape index (κ2) is 7.36. The zero-order valence-corrected chi connectivity index (χ0v) is 11.9. The smallest absolute Gasteiger partial charge is 0.226 e. The summed E-state index contributed by atoms with van der Waals surface area (Å²) in [5.74, 6) is -0.346. The van der Waals surface area contributed by atoms with Crippen LogP contribution < -0.4 is 5.32 Å². The number of amides is 1. The predicted octanol–water partition coefficient (Wildman–Crippen LogP) is 0.732. The third-order valence-electron chi connectivity index (χ3n) is 3.69. The summed E-state index contributed by atoms with van der Waals surface area (Å²) in [4.78, 5) is 16.1. The predicted molar refractivity (Wildman–Crippen MR) is 77.1 cm³/mol. The topological polar surface area (TPSA) is 35.6 Å². The van der Waals surface area contributed by atoms with Gasteiger partial charge in [0, 0.05) is 46.3 Å². The third-order valence-corrected chi connectivity index (χ3v) is 3.69. The van der Waals surface area contributed by atoms with Crippen molar-refractivity contribution in [1.29, 1.82) is 0 Å². The number of rotatable bonds is 5. The Kier molecular flexibility index (Phi) is 5.49. The number of carbonyl (C=O) groups excluding carboxylic acids is 1. The van der Waals surface area contributed by atoms with Gasteiger partial charge in [-0.1, -0.05) is 18.2 Å². The minimum absolute atomic E-state index is 0.0368. The monoisotopic (exact) mass is 279 g/mol. The molecule has 2 rings (SSSR count). The largest absolute Gasteiger partial charge is 0.344 e. The molecule has 1 aliphatic heterocycles. The van der Waals surface area contributed by atoms with Crippen molar-refractivity contribution in [3.05, 3.63) is 35.6 Å². The normalized spacial score (nSPS) is 16.1. The highest BCUT2D eigenvalue weighted by Gasteiger charge is 2.14. The van der Waals surface area contributed by atoms with Crippen LogP contribution in [-0.4, -0.2) is 62.0 Å². The summed E-state index contributed by atoms with van der Waals surface area (Å²) in [5.41, 5.74) is 0.464. The minimum Gasteiger partial charge on any atom is -0.344 e. The van der Waals surface area contributed by atoms with E-state index in [0.717, 1.165) is 32.7 Å². The second-order valence-electron chi connectivity index (χ2n) is 5.18. The van der Waals surface area contributed by atoms with E-state index in [1.807, 2.05) is 0 Å². The molecule has 0 aromatic heterocycles. The maximum absolute atomic E-state index is 13.5. The Labute approximate surface area is 119 Å². The summed E-state index contributed by atoms with van der Waals surface area (Å²) in [6.07, 6.45) is 0.130. The lowest BCUT2D eigenvalue weighted by Gasteiger charge is -2.29. The average molecular weight is 279 g/mol. The maximum Gasteiger partial charge on any atom is 0.226 e. The van der Waals surface area contributed by atoms with Gasteiger partial charge in [-0.25, -0.2) is 4.39 Å². The first-order valence-electron chi connectivity index (χ1n) is 7.07. The van der Waals surface area contributed by atoms with Crippen LogP contribution >= 0.6 is 0 Å². The fourth-order valence-electron chi connectivity index (χ4n) is 2.29. The molecule has 0 atom stereocenters. The van der Waals surface area contributed by atoms with E-state index in [-0.39, 0.29) is 18.1 Å². The molecule has 20 heavy (non-hydrogen) atoms. The number of nitrogens with one attached hydrogen (secondary N) is 1. The molecular formula is C15H22FN3O. The Morgan fingerprint density at radius 1 is 1.35 bits per heavy atom. The van der Waals surface area contributed by atoms with Crippen LogP contribution in [0.3, 0.4) is 0 Å². The molecule has 1 N–H and O–H groups in total. The molecule has 1 fully saturated rings. The average Bonchev–Trinajstić information content (AvgIpc) is 2.48. The minimum atomic E-state index is -0.309. The van der Waals surface area contributed by atoms with Gasteiger partial charge in [0.2, 0.25) is 5.91 Å². The van der Waals surface area contributed by atoms with Gasteiger partial charge < -0.3 is 10.2 Å². The molecule has 1 heterocycles. The van der Waals surface area contributed by atoms with E-state index in [1.165, 1.54) is 6.07 Å². The van der Waals surface area contributed by atoms with Crippen LogP contribution in [0.15, 0.2) is 24.3 Å². The van der Waals surface area contributed by atoms with Crippen molar-refractivity contribution < 1.29 is 9.18 Å².